The molecule has 3 amide bonds. The largest absolute Gasteiger partial charge is 0.501 e. The fourth-order valence-corrected chi connectivity index (χ4v) is 5.47. The van der Waals surface area contributed by atoms with Crippen LogP contribution in [0.2, 0.25) is 0 Å². The van der Waals surface area contributed by atoms with Crippen LogP contribution in [0.3, 0.4) is 0 Å². The molecular formula is C26H32FN5O6. The molecule has 2 aliphatic heterocycles. The number of hydrogen-bond acceptors (Lipinski definition) is 7. The molecule has 11 nitrogen and oxygen atoms in total. The number of methoxy groups -OCH3 is 1. The van der Waals surface area contributed by atoms with Gasteiger partial charge in [0.1, 0.15) is 17.2 Å². The van der Waals surface area contributed by atoms with E-state index in [1.54, 1.807) is 14.0 Å². The summed E-state index contributed by atoms with van der Waals surface area (Å²) in [5, 5.41) is 13.4. The molecule has 5 rings (SSSR count). The number of ether oxygens (including phenoxy) is 1. The zero-order chi connectivity index (χ0) is 27.8. The van der Waals surface area contributed by atoms with E-state index in [1.165, 1.54) is 52.7 Å². The number of rotatable bonds is 6. The van der Waals surface area contributed by atoms with Crippen molar-refractivity contribution in [3.63, 3.8) is 0 Å². The van der Waals surface area contributed by atoms with Crippen LogP contribution < -0.4 is 10.9 Å². The van der Waals surface area contributed by atoms with Gasteiger partial charge in [-0.1, -0.05) is 12.1 Å². The average Bonchev–Trinajstić information content (AvgIpc) is 3.14. The highest BCUT2D eigenvalue weighted by atomic mass is 19.1. The smallest absolute Gasteiger partial charge is 0.312 e. The average molecular weight is 530 g/mol. The van der Waals surface area contributed by atoms with Gasteiger partial charge in [-0.05, 0) is 50.3 Å². The first-order valence-electron chi connectivity index (χ1n) is 12.4. The summed E-state index contributed by atoms with van der Waals surface area (Å²) in [5.74, 6) is -3.40. The number of aromatic nitrogens is 2. The van der Waals surface area contributed by atoms with E-state index in [0.717, 1.165) is 0 Å². The second-order valence-corrected chi connectivity index (χ2v) is 10.0. The molecule has 3 aliphatic rings. The summed E-state index contributed by atoms with van der Waals surface area (Å²) >= 11 is 0. The van der Waals surface area contributed by atoms with Crippen LogP contribution in [0.4, 0.5) is 4.39 Å². The van der Waals surface area contributed by atoms with Crippen LogP contribution in [0.5, 0.6) is 5.75 Å². The third-order valence-electron chi connectivity index (χ3n) is 7.68. The Morgan fingerprint density at radius 2 is 1.76 bits per heavy atom. The molecule has 12 heteroatoms. The second-order valence-electron chi connectivity index (χ2n) is 10.0. The topological polar surface area (TPSA) is 134 Å². The minimum atomic E-state index is -1.17. The van der Waals surface area contributed by atoms with Crippen molar-refractivity contribution in [1.82, 2.24) is 24.7 Å². The molecule has 1 saturated carbocycles. The van der Waals surface area contributed by atoms with Crippen molar-refractivity contribution in [3.8, 4) is 5.75 Å². The summed E-state index contributed by atoms with van der Waals surface area (Å²) in [5.41, 5.74) is -2.61. The van der Waals surface area contributed by atoms with Crippen molar-refractivity contribution in [2.75, 3.05) is 27.7 Å². The van der Waals surface area contributed by atoms with Gasteiger partial charge in [0.15, 0.2) is 5.69 Å². The predicted molar refractivity (Wildman–Crippen MR) is 134 cm³/mol. The number of hydrogen-bond donors (Lipinski definition) is 2. The van der Waals surface area contributed by atoms with Crippen molar-refractivity contribution < 1.29 is 28.6 Å². The number of likely N-dealkylation sites (N-methyl/N-ethyl adjacent to an activating group) is 2. The lowest BCUT2D eigenvalue weighted by Crippen LogP contribution is -2.56. The van der Waals surface area contributed by atoms with E-state index in [4.69, 9.17) is 4.74 Å². The summed E-state index contributed by atoms with van der Waals surface area (Å²) < 4.78 is 20.3. The number of nitrogens with zero attached hydrogens (tertiary/aromatic N) is 4. The maximum Gasteiger partial charge on any atom is 0.312 e. The minimum Gasteiger partial charge on any atom is -0.501 e. The van der Waals surface area contributed by atoms with E-state index in [9.17, 15) is 28.7 Å². The second kappa shape index (κ2) is 10.2. The van der Waals surface area contributed by atoms with Crippen LogP contribution in [0.15, 0.2) is 29.1 Å². The van der Waals surface area contributed by atoms with Crippen LogP contribution >= 0.6 is 0 Å². The highest BCUT2D eigenvalue weighted by Gasteiger charge is 2.55. The molecule has 2 N–H and O–H groups in total. The number of nitrogens with one attached hydrogen (secondary N) is 1. The molecule has 1 aliphatic carbocycles. The van der Waals surface area contributed by atoms with Gasteiger partial charge < -0.3 is 25.0 Å². The molecule has 0 radical (unpaired) electrons. The molecule has 0 atom stereocenters. The molecule has 1 aromatic carbocycles. The van der Waals surface area contributed by atoms with Gasteiger partial charge in [-0.15, -0.1) is 0 Å². The van der Waals surface area contributed by atoms with Gasteiger partial charge in [-0.2, -0.15) is 0 Å². The van der Waals surface area contributed by atoms with Gasteiger partial charge in [-0.3, -0.25) is 23.7 Å². The number of amides is 3. The molecular weight excluding hydrogens is 497 g/mol. The maximum absolute atomic E-state index is 13.5. The van der Waals surface area contributed by atoms with Gasteiger partial charge in [0, 0.05) is 34.3 Å². The molecule has 0 unspecified atom stereocenters. The van der Waals surface area contributed by atoms with Crippen LogP contribution in [0.25, 0.3) is 0 Å². The van der Waals surface area contributed by atoms with E-state index in [2.05, 4.69) is 10.3 Å². The Morgan fingerprint density at radius 1 is 1.13 bits per heavy atom. The third kappa shape index (κ3) is 4.53. The van der Waals surface area contributed by atoms with Crippen molar-refractivity contribution in [1.29, 1.82) is 0 Å². The van der Waals surface area contributed by atoms with Gasteiger partial charge in [0.2, 0.25) is 5.75 Å². The van der Waals surface area contributed by atoms with Crippen LogP contribution in [-0.2, 0) is 33.0 Å². The van der Waals surface area contributed by atoms with Crippen LogP contribution in [0.1, 0.15) is 54.5 Å². The molecule has 3 heterocycles. The van der Waals surface area contributed by atoms with Gasteiger partial charge in [-0.25, -0.2) is 9.37 Å². The molecule has 1 fully saturated rings. The molecule has 0 spiro atoms. The van der Waals surface area contributed by atoms with Gasteiger partial charge in [0.25, 0.3) is 11.5 Å². The molecule has 1 aromatic heterocycles. The van der Waals surface area contributed by atoms with E-state index >= 15 is 0 Å². The van der Waals surface area contributed by atoms with E-state index in [0.29, 0.717) is 31.2 Å². The highest BCUT2D eigenvalue weighted by Crippen LogP contribution is 2.49. The summed E-state index contributed by atoms with van der Waals surface area (Å²) in [6.07, 6.45) is 1.63. The SMILES string of the molecule is CCN(C(=O)C(=O)N(C)C)C12CCC(OC)(CC1)Cn1c2nc(C(=O)NCc2ccc(F)cc2)c(O)c1=O. The first kappa shape index (κ1) is 27.2. The monoisotopic (exact) mass is 529 g/mol. The first-order valence-corrected chi connectivity index (χ1v) is 12.4. The van der Waals surface area contributed by atoms with Crippen LogP contribution in [0, 0.1) is 5.82 Å². The van der Waals surface area contributed by atoms with Gasteiger partial charge in [0.05, 0.1) is 12.1 Å². The molecule has 2 bridgehead atoms. The number of fused-ring (bicyclic) bond motifs is 2. The lowest BCUT2D eigenvalue weighted by Gasteiger charge is -2.47. The molecule has 0 saturated heterocycles. The fourth-order valence-electron chi connectivity index (χ4n) is 5.47. The number of benzene rings is 1. The van der Waals surface area contributed by atoms with Crippen molar-refractivity contribution in [2.24, 2.45) is 0 Å². The van der Waals surface area contributed by atoms with E-state index < -0.39 is 51.7 Å². The number of aromatic hydroxyl groups is 1. The summed E-state index contributed by atoms with van der Waals surface area (Å²) in [6, 6.07) is 5.50. The minimum absolute atomic E-state index is 0.00743. The standard InChI is InChI=1S/C26H32FN5O6/c1-5-32(23(37)22(36)30(2)3)26-12-10-25(38-4,11-13-26)15-31-21(35)19(33)18(29-24(26)31)20(34)28-14-16-6-8-17(27)9-7-16/h6-9,33H,5,10-15H2,1-4H3,(H,28,34). The number of halogens is 1. The Bertz CT molecular complexity index is 1310. The number of carbonyl (C=O) groups is 3. The Balaban J connectivity index is 1.82. The fraction of sp³-hybridized carbons (Fsp3) is 0.500. The first-order chi connectivity index (χ1) is 18.0. The van der Waals surface area contributed by atoms with Crippen molar-refractivity contribution in [2.45, 2.75) is 56.8 Å². The summed E-state index contributed by atoms with van der Waals surface area (Å²) in [4.78, 5) is 59.7. The summed E-state index contributed by atoms with van der Waals surface area (Å²) in [7, 11) is 4.51. The molecule has 38 heavy (non-hydrogen) atoms. The highest BCUT2D eigenvalue weighted by molar-refractivity contribution is 6.34. The third-order valence-corrected chi connectivity index (χ3v) is 7.68. The Morgan fingerprint density at radius 3 is 2.32 bits per heavy atom. The predicted octanol–water partition coefficient (Wildman–Crippen LogP) is 1.12. The van der Waals surface area contributed by atoms with Crippen LogP contribution in [-0.4, -0.2) is 75.5 Å². The normalized spacial score (nSPS) is 21.8. The summed E-state index contributed by atoms with van der Waals surface area (Å²) in [6.45, 7) is 1.97. The molecule has 2 aromatic rings. The van der Waals surface area contributed by atoms with Crippen molar-refractivity contribution in [3.05, 3.63) is 57.5 Å². The molecule has 204 valence electrons. The quantitative estimate of drug-likeness (QED) is 0.536. The Kier molecular flexibility index (Phi) is 7.29. The Hall–Kier alpha value is -3.80. The lowest BCUT2D eigenvalue weighted by atomic mass is 9.73. The van der Waals surface area contributed by atoms with E-state index in [-0.39, 0.29) is 25.5 Å². The van der Waals surface area contributed by atoms with E-state index in [1.807, 2.05) is 0 Å². The zero-order valence-corrected chi connectivity index (χ0v) is 21.9. The zero-order valence-electron chi connectivity index (χ0n) is 21.9. The maximum atomic E-state index is 13.5. The number of carbonyl (C=O) groups excluding carboxylic acids is 3. The lowest BCUT2D eigenvalue weighted by molar-refractivity contribution is -0.157. The van der Waals surface area contributed by atoms with Gasteiger partial charge >= 0.3 is 11.8 Å². The van der Waals surface area contributed by atoms with Crippen molar-refractivity contribution >= 4 is 17.7 Å². The Labute approximate surface area is 219 Å².